The lowest BCUT2D eigenvalue weighted by Crippen LogP contribution is -2.15. The Morgan fingerprint density at radius 3 is 2.52 bits per heavy atom. The van der Waals surface area contributed by atoms with Gasteiger partial charge in [0.15, 0.2) is 11.2 Å². The maximum Gasteiger partial charge on any atom is 0.189 e. The topological polar surface area (TPSA) is 39.1 Å². The van der Waals surface area contributed by atoms with Gasteiger partial charge in [0.2, 0.25) is 0 Å². The molecule has 0 saturated carbocycles. The second-order valence-corrected chi connectivity index (χ2v) is 4.73. The first-order chi connectivity index (χ1) is 10.2. The van der Waals surface area contributed by atoms with Crippen LogP contribution in [0.1, 0.15) is 10.4 Å². The van der Waals surface area contributed by atoms with Gasteiger partial charge in [-0.25, -0.2) is 4.39 Å². The highest BCUT2D eigenvalue weighted by molar-refractivity contribution is 5.96. The number of halogens is 1. The number of fused-ring (bicyclic) bond motifs is 1. The first kappa shape index (κ1) is 13.2. The van der Waals surface area contributed by atoms with Crippen LogP contribution in [-0.2, 0) is 6.54 Å². The number of para-hydroxylation sites is 1. The predicted molar refractivity (Wildman–Crippen MR) is 78.9 cm³/mol. The molecule has 0 bridgehead atoms. The van der Waals surface area contributed by atoms with E-state index in [0.29, 0.717) is 10.9 Å². The molecule has 0 fully saturated rings. The Morgan fingerprint density at radius 1 is 1.00 bits per heavy atom. The van der Waals surface area contributed by atoms with Gasteiger partial charge in [-0.05, 0) is 24.3 Å². The zero-order valence-electron chi connectivity index (χ0n) is 11.1. The van der Waals surface area contributed by atoms with E-state index in [0.717, 1.165) is 0 Å². The number of benzene rings is 2. The minimum absolute atomic E-state index is 0.0122. The summed E-state index contributed by atoms with van der Waals surface area (Å²) in [5, 5.41) is 0.543. The molecule has 3 aromatic rings. The highest BCUT2D eigenvalue weighted by Crippen LogP contribution is 2.12. The van der Waals surface area contributed by atoms with Crippen LogP contribution in [0, 0.1) is 5.82 Å². The van der Waals surface area contributed by atoms with Crippen molar-refractivity contribution in [2.75, 3.05) is 0 Å². The molecule has 0 aliphatic rings. The monoisotopic (exact) mass is 281 g/mol. The molecule has 3 nitrogen and oxygen atoms in total. The largest absolute Gasteiger partial charge is 0.339 e. The molecule has 0 saturated heterocycles. The summed E-state index contributed by atoms with van der Waals surface area (Å²) in [5.41, 5.74) is 0.621. The molecule has 0 aliphatic carbocycles. The number of aromatic nitrogens is 1. The van der Waals surface area contributed by atoms with Crippen LogP contribution >= 0.6 is 0 Å². The summed E-state index contributed by atoms with van der Waals surface area (Å²) in [6, 6.07) is 14.3. The molecule has 3 rings (SSSR count). The van der Waals surface area contributed by atoms with Gasteiger partial charge in [0.05, 0.1) is 17.6 Å². The molecule has 1 heterocycles. The maximum atomic E-state index is 13.6. The van der Waals surface area contributed by atoms with Crippen molar-refractivity contribution in [2.24, 2.45) is 0 Å². The Labute approximate surface area is 120 Å². The van der Waals surface area contributed by atoms with Gasteiger partial charge in [-0.3, -0.25) is 9.59 Å². The van der Waals surface area contributed by atoms with Crippen molar-refractivity contribution < 1.29 is 9.18 Å². The molecule has 0 spiro atoms. The Kier molecular flexibility index (Phi) is 3.36. The number of carbonyl (C=O) groups is 1. The fourth-order valence-electron chi connectivity index (χ4n) is 2.33. The third-order valence-corrected chi connectivity index (χ3v) is 3.37. The van der Waals surface area contributed by atoms with Crippen molar-refractivity contribution in [1.82, 2.24) is 4.57 Å². The normalized spacial score (nSPS) is 10.7. The number of Topliss-reactive ketones (excluding diaryl/α,β-unsaturated/α-hetero) is 1. The Bertz CT molecular complexity index is 883. The number of carbonyl (C=O) groups excluding carboxylic acids is 1. The summed E-state index contributed by atoms with van der Waals surface area (Å²) in [6.45, 7) is -0.0122. The SMILES string of the molecule is O=C(Cn1ccc(=O)c2ccccc21)c1ccccc1F. The number of pyridine rings is 1. The summed E-state index contributed by atoms with van der Waals surface area (Å²) in [4.78, 5) is 24.0. The third kappa shape index (κ3) is 2.48. The fraction of sp³-hybridized carbons (Fsp3) is 0.0588. The van der Waals surface area contributed by atoms with E-state index in [1.54, 1.807) is 47.2 Å². The van der Waals surface area contributed by atoms with Crippen molar-refractivity contribution in [3.05, 3.63) is 82.4 Å². The van der Waals surface area contributed by atoms with Gasteiger partial charge in [0, 0.05) is 17.6 Å². The van der Waals surface area contributed by atoms with Gasteiger partial charge in [0.1, 0.15) is 5.82 Å². The second-order valence-electron chi connectivity index (χ2n) is 4.73. The summed E-state index contributed by atoms with van der Waals surface area (Å²) in [5.74, 6) is -0.866. The van der Waals surface area contributed by atoms with Crippen LogP contribution in [0.4, 0.5) is 4.39 Å². The van der Waals surface area contributed by atoms with E-state index in [1.807, 2.05) is 0 Å². The summed E-state index contributed by atoms with van der Waals surface area (Å²) in [6.07, 6.45) is 1.56. The molecule has 21 heavy (non-hydrogen) atoms. The maximum absolute atomic E-state index is 13.6. The lowest BCUT2D eigenvalue weighted by molar-refractivity contribution is 0.0969. The molecule has 4 heteroatoms. The van der Waals surface area contributed by atoms with Gasteiger partial charge >= 0.3 is 0 Å². The van der Waals surface area contributed by atoms with E-state index >= 15 is 0 Å². The van der Waals surface area contributed by atoms with Crippen molar-refractivity contribution in [3.8, 4) is 0 Å². The average Bonchev–Trinajstić information content (AvgIpc) is 2.51. The van der Waals surface area contributed by atoms with Crippen LogP contribution in [-0.4, -0.2) is 10.4 Å². The van der Waals surface area contributed by atoms with Gasteiger partial charge in [-0.15, -0.1) is 0 Å². The molecule has 0 radical (unpaired) electrons. The van der Waals surface area contributed by atoms with Gasteiger partial charge in [-0.2, -0.15) is 0 Å². The van der Waals surface area contributed by atoms with Crippen molar-refractivity contribution >= 4 is 16.7 Å². The molecule has 0 atom stereocenters. The molecule has 1 aromatic heterocycles. The summed E-state index contributed by atoms with van der Waals surface area (Å²) >= 11 is 0. The van der Waals surface area contributed by atoms with E-state index < -0.39 is 5.82 Å². The van der Waals surface area contributed by atoms with Crippen molar-refractivity contribution in [1.29, 1.82) is 0 Å². The standard InChI is InChI=1S/C17H12FNO2/c18-14-7-3-1-5-12(14)17(21)11-19-10-9-16(20)13-6-2-4-8-15(13)19/h1-10H,11H2. The van der Waals surface area contributed by atoms with Crippen molar-refractivity contribution in [3.63, 3.8) is 0 Å². The van der Waals surface area contributed by atoms with Crippen LogP contribution in [0.2, 0.25) is 0 Å². The Hall–Kier alpha value is -2.75. The number of hydrogen-bond acceptors (Lipinski definition) is 2. The van der Waals surface area contributed by atoms with Gasteiger partial charge in [0.25, 0.3) is 0 Å². The van der Waals surface area contributed by atoms with Gasteiger partial charge in [-0.1, -0.05) is 24.3 Å². The second kappa shape index (κ2) is 5.32. The van der Waals surface area contributed by atoms with Gasteiger partial charge < -0.3 is 4.57 Å². The molecule has 0 N–H and O–H groups in total. The lowest BCUT2D eigenvalue weighted by Gasteiger charge is -2.10. The zero-order chi connectivity index (χ0) is 14.8. The molecule has 0 aliphatic heterocycles. The number of nitrogens with zero attached hydrogens (tertiary/aromatic N) is 1. The highest BCUT2D eigenvalue weighted by Gasteiger charge is 2.12. The highest BCUT2D eigenvalue weighted by atomic mass is 19.1. The first-order valence-electron chi connectivity index (χ1n) is 6.53. The lowest BCUT2D eigenvalue weighted by atomic mass is 10.1. The fourth-order valence-corrected chi connectivity index (χ4v) is 2.33. The van der Waals surface area contributed by atoms with Crippen LogP contribution in [0.3, 0.4) is 0 Å². The third-order valence-electron chi connectivity index (χ3n) is 3.37. The smallest absolute Gasteiger partial charge is 0.189 e. The van der Waals surface area contributed by atoms with E-state index in [2.05, 4.69) is 0 Å². The molecule has 2 aromatic carbocycles. The number of ketones is 1. The van der Waals surface area contributed by atoms with E-state index in [-0.39, 0.29) is 23.3 Å². The van der Waals surface area contributed by atoms with Crippen molar-refractivity contribution in [2.45, 2.75) is 6.54 Å². The van der Waals surface area contributed by atoms with Crippen LogP contribution in [0.25, 0.3) is 10.9 Å². The molecule has 104 valence electrons. The Balaban J connectivity index is 2.03. The molecule has 0 unspecified atom stereocenters. The molecular formula is C17H12FNO2. The average molecular weight is 281 g/mol. The number of hydrogen-bond donors (Lipinski definition) is 0. The minimum atomic E-state index is -0.534. The predicted octanol–water partition coefficient (Wildman–Crippen LogP) is 3.02. The number of rotatable bonds is 3. The Morgan fingerprint density at radius 2 is 1.71 bits per heavy atom. The molecule has 0 amide bonds. The van der Waals surface area contributed by atoms with Crippen LogP contribution < -0.4 is 5.43 Å². The quantitative estimate of drug-likeness (QED) is 0.692. The van der Waals surface area contributed by atoms with E-state index in [9.17, 15) is 14.0 Å². The molecular weight excluding hydrogens is 269 g/mol. The first-order valence-corrected chi connectivity index (χ1v) is 6.53. The summed E-state index contributed by atoms with van der Waals surface area (Å²) in [7, 11) is 0. The summed E-state index contributed by atoms with van der Waals surface area (Å²) < 4.78 is 15.3. The van der Waals surface area contributed by atoms with Crippen LogP contribution in [0.15, 0.2) is 65.6 Å². The zero-order valence-corrected chi connectivity index (χ0v) is 11.1. The minimum Gasteiger partial charge on any atom is -0.339 e. The van der Waals surface area contributed by atoms with Crippen LogP contribution in [0.5, 0.6) is 0 Å². The van der Waals surface area contributed by atoms with E-state index in [1.165, 1.54) is 18.2 Å². The van der Waals surface area contributed by atoms with E-state index in [4.69, 9.17) is 0 Å².